The van der Waals surface area contributed by atoms with E-state index in [0.717, 1.165) is 14.5 Å². The van der Waals surface area contributed by atoms with Gasteiger partial charge in [0.05, 0.1) is 4.90 Å². The summed E-state index contributed by atoms with van der Waals surface area (Å²) in [5, 5.41) is 0. The maximum atomic E-state index is 12.1. The average molecular weight is 405 g/mol. The van der Waals surface area contributed by atoms with Crippen LogP contribution in [0.2, 0.25) is 0 Å². The molecule has 0 fully saturated rings. The predicted octanol–water partition coefficient (Wildman–Crippen LogP) is 3.69. The van der Waals surface area contributed by atoms with Gasteiger partial charge in [-0.05, 0) is 42.0 Å². The topological polar surface area (TPSA) is 46.2 Å². The third-order valence-electron chi connectivity index (χ3n) is 2.48. The fraction of sp³-hybridized carbons (Fsp3) is 0.0769. The van der Waals surface area contributed by atoms with Gasteiger partial charge in [0, 0.05) is 15.5 Å². The Kier molecular flexibility index (Phi) is 4.78. The van der Waals surface area contributed by atoms with Crippen LogP contribution in [0.3, 0.4) is 0 Å². The molecule has 3 nitrogen and oxygen atoms in total. The number of hydrogen-bond donors (Lipinski definition) is 1. The monoisotopic (exact) mass is 403 g/mol. The van der Waals surface area contributed by atoms with Gasteiger partial charge in [-0.15, -0.1) is 0 Å². The molecule has 0 spiro atoms. The van der Waals surface area contributed by atoms with Crippen LogP contribution in [0.15, 0.2) is 62.4 Å². The molecule has 0 aliphatic rings. The van der Waals surface area contributed by atoms with Crippen molar-refractivity contribution in [2.75, 3.05) is 0 Å². The van der Waals surface area contributed by atoms with E-state index in [0.29, 0.717) is 0 Å². The third kappa shape index (κ3) is 4.14. The van der Waals surface area contributed by atoms with Gasteiger partial charge >= 0.3 is 0 Å². The van der Waals surface area contributed by atoms with E-state index in [9.17, 15) is 8.42 Å². The summed E-state index contributed by atoms with van der Waals surface area (Å²) in [4.78, 5) is 0.255. The first-order valence-corrected chi connectivity index (χ1v) is 8.54. The van der Waals surface area contributed by atoms with Crippen LogP contribution < -0.4 is 4.72 Å². The molecule has 0 bridgehead atoms. The molecule has 19 heavy (non-hydrogen) atoms. The highest BCUT2D eigenvalue weighted by molar-refractivity contribution is 9.10. The van der Waals surface area contributed by atoms with Gasteiger partial charge < -0.3 is 0 Å². The number of hydrogen-bond acceptors (Lipinski definition) is 2. The summed E-state index contributed by atoms with van der Waals surface area (Å²) < 4.78 is 28.5. The third-order valence-corrected chi connectivity index (χ3v) is 4.92. The maximum Gasteiger partial charge on any atom is 0.240 e. The number of rotatable bonds is 4. The lowest BCUT2D eigenvalue weighted by atomic mass is 10.2. The van der Waals surface area contributed by atoms with Gasteiger partial charge in [-0.1, -0.05) is 44.0 Å². The molecule has 100 valence electrons. The Hall–Kier alpha value is -0.690. The molecular formula is C13H11Br2NO2S. The van der Waals surface area contributed by atoms with Crippen molar-refractivity contribution in [2.24, 2.45) is 0 Å². The van der Waals surface area contributed by atoms with Crippen LogP contribution in [-0.2, 0) is 16.6 Å². The van der Waals surface area contributed by atoms with Crippen LogP contribution in [-0.4, -0.2) is 8.42 Å². The number of nitrogens with one attached hydrogen (secondary N) is 1. The molecule has 0 amide bonds. The van der Waals surface area contributed by atoms with Crippen LogP contribution in [0.5, 0.6) is 0 Å². The Morgan fingerprint density at radius 3 is 2.26 bits per heavy atom. The van der Waals surface area contributed by atoms with Crippen molar-refractivity contribution in [3.63, 3.8) is 0 Å². The van der Waals surface area contributed by atoms with Gasteiger partial charge in [0.15, 0.2) is 0 Å². The second-order valence-electron chi connectivity index (χ2n) is 3.91. The summed E-state index contributed by atoms with van der Waals surface area (Å²) in [6.45, 7) is 0.262. The Morgan fingerprint density at radius 2 is 1.63 bits per heavy atom. The summed E-state index contributed by atoms with van der Waals surface area (Å²) >= 11 is 6.63. The first-order valence-electron chi connectivity index (χ1n) is 5.47. The number of sulfonamides is 1. The molecule has 2 rings (SSSR count). The molecule has 0 atom stereocenters. The van der Waals surface area contributed by atoms with E-state index in [1.807, 2.05) is 24.3 Å². The summed E-state index contributed by atoms with van der Waals surface area (Å²) in [6, 6.07) is 14.0. The van der Waals surface area contributed by atoms with E-state index in [1.54, 1.807) is 24.3 Å². The van der Waals surface area contributed by atoms with E-state index in [2.05, 4.69) is 36.6 Å². The zero-order valence-corrected chi connectivity index (χ0v) is 13.8. The van der Waals surface area contributed by atoms with Crippen molar-refractivity contribution in [3.8, 4) is 0 Å². The van der Waals surface area contributed by atoms with Gasteiger partial charge in [0.1, 0.15) is 0 Å². The molecular weight excluding hydrogens is 394 g/mol. The van der Waals surface area contributed by atoms with Crippen molar-refractivity contribution in [1.29, 1.82) is 0 Å². The first kappa shape index (κ1) is 14.7. The van der Waals surface area contributed by atoms with Crippen molar-refractivity contribution in [1.82, 2.24) is 4.72 Å². The van der Waals surface area contributed by atoms with Gasteiger partial charge in [-0.25, -0.2) is 13.1 Å². The Labute approximate surface area is 129 Å². The number of benzene rings is 2. The molecule has 0 aliphatic carbocycles. The van der Waals surface area contributed by atoms with E-state index < -0.39 is 10.0 Å². The van der Waals surface area contributed by atoms with Crippen LogP contribution in [0.1, 0.15) is 5.56 Å². The van der Waals surface area contributed by atoms with Gasteiger partial charge in [-0.2, -0.15) is 0 Å². The minimum atomic E-state index is -3.47. The zero-order valence-electron chi connectivity index (χ0n) is 9.81. The quantitative estimate of drug-likeness (QED) is 0.844. The highest BCUT2D eigenvalue weighted by Crippen LogP contribution is 2.16. The molecule has 0 saturated carbocycles. The summed E-state index contributed by atoms with van der Waals surface area (Å²) in [6.07, 6.45) is 0. The molecule has 0 heterocycles. The normalized spacial score (nSPS) is 11.5. The molecule has 1 N–H and O–H groups in total. The number of halogens is 2. The van der Waals surface area contributed by atoms with E-state index in [-0.39, 0.29) is 11.4 Å². The lowest BCUT2D eigenvalue weighted by molar-refractivity contribution is 0.581. The highest BCUT2D eigenvalue weighted by Gasteiger charge is 2.13. The minimum absolute atomic E-state index is 0.255. The summed E-state index contributed by atoms with van der Waals surface area (Å²) in [5.41, 5.74) is 0.898. The van der Waals surface area contributed by atoms with Crippen LogP contribution in [0.25, 0.3) is 0 Å². The van der Waals surface area contributed by atoms with Crippen LogP contribution in [0.4, 0.5) is 0 Å². The van der Waals surface area contributed by atoms with Gasteiger partial charge in [0.25, 0.3) is 0 Å². The molecule has 0 unspecified atom stereocenters. The largest absolute Gasteiger partial charge is 0.240 e. The van der Waals surface area contributed by atoms with E-state index in [4.69, 9.17) is 0 Å². The van der Waals surface area contributed by atoms with Crippen molar-refractivity contribution < 1.29 is 8.42 Å². The molecule has 0 aromatic heterocycles. The minimum Gasteiger partial charge on any atom is -0.207 e. The van der Waals surface area contributed by atoms with Crippen molar-refractivity contribution in [2.45, 2.75) is 11.4 Å². The highest BCUT2D eigenvalue weighted by atomic mass is 79.9. The van der Waals surface area contributed by atoms with Crippen molar-refractivity contribution in [3.05, 3.63) is 63.0 Å². The fourth-order valence-electron chi connectivity index (χ4n) is 1.52. The molecule has 0 saturated heterocycles. The average Bonchev–Trinajstić information content (AvgIpc) is 2.37. The molecule has 2 aromatic rings. The standard InChI is InChI=1S/C13H11Br2NO2S/c14-11-4-6-13(7-5-11)19(17,18)16-9-10-2-1-3-12(15)8-10/h1-8,16H,9H2. The maximum absolute atomic E-state index is 12.1. The molecule has 0 aliphatic heterocycles. The molecule has 6 heteroatoms. The van der Waals surface area contributed by atoms with E-state index in [1.165, 1.54) is 0 Å². The van der Waals surface area contributed by atoms with Gasteiger partial charge in [-0.3, -0.25) is 0 Å². The first-order chi connectivity index (χ1) is 8.97. The fourth-order valence-corrected chi connectivity index (χ4v) is 3.25. The predicted molar refractivity (Wildman–Crippen MR) is 82.3 cm³/mol. The lowest BCUT2D eigenvalue weighted by Gasteiger charge is -2.07. The smallest absolute Gasteiger partial charge is 0.207 e. The Balaban J connectivity index is 2.12. The second kappa shape index (κ2) is 6.17. The molecule has 0 radical (unpaired) electrons. The molecule has 2 aromatic carbocycles. The Bertz CT molecular complexity index is 669. The van der Waals surface area contributed by atoms with Crippen molar-refractivity contribution >= 4 is 41.9 Å². The Morgan fingerprint density at radius 1 is 0.947 bits per heavy atom. The zero-order chi connectivity index (χ0) is 13.9. The summed E-state index contributed by atoms with van der Waals surface area (Å²) in [7, 11) is -3.47. The van der Waals surface area contributed by atoms with Gasteiger partial charge in [0.2, 0.25) is 10.0 Å². The SMILES string of the molecule is O=S(=O)(NCc1cccc(Br)c1)c1ccc(Br)cc1. The van der Waals surface area contributed by atoms with Crippen LogP contribution in [0, 0.1) is 0 Å². The summed E-state index contributed by atoms with van der Waals surface area (Å²) in [5.74, 6) is 0. The second-order valence-corrected chi connectivity index (χ2v) is 7.51. The van der Waals surface area contributed by atoms with E-state index >= 15 is 0 Å². The lowest BCUT2D eigenvalue weighted by Crippen LogP contribution is -2.23. The van der Waals surface area contributed by atoms with Crippen LogP contribution >= 0.6 is 31.9 Å².